The fourth-order valence-electron chi connectivity index (χ4n) is 2.77. The molecule has 0 fully saturated rings. The minimum Gasteiger partial charge on any atom is -0.305 e. The van der Waals surface area contributed by atoms with Gasteiger partial charge in [-0.25, -0.2) is 0 Å². The van der Waals surface area contributed by atoms with Crippen molar-refractivity contribution in [3.8, 4) is 0 Å². The van der Waals surface area contributed by atoms with Crippen LogP contribution in [-0.4, -0.2) is 5.91 Å². The van der Waals surface area contributed by atoms with Crippen molar-refractivity contribution in [2.24, 2.45) is 0 Å². The summed E-state index contributed by atoms with van der Waals surface area (Å²) in [6.45, 7) is 2.06. The number of benzene rings is 2. The second kappa shape index (κ2) is 5.29. The van der Waals surface area contributed by atoms with Crippen LogP contribution in [0.4, 0.5) is 5.69 Å². The van der Waals surface area contributed by atoms with Gasteiger partial charge in [0.15, 0.2) is 0 Å². The summed E-state index contributed by atoms with van der Waals surface area (Å²) in [5.74, 6) is 0.163. The largest absolute Gasteiger partial charge is 0.305 e. The van der Waals surface area contributed by atoms with Crippen molar-refractivity contribution in [2.75, 3.05) is 4.90 Å². The Morgan fingerprint density at radius 1 is 1.10 bits per heavy atom. The molecule has 1 atom stereocenters. The molecule has 20 heavy (non-hydrogen) atoms. The smallest absolute Gasteiger partial charge is 0.227 e. The minimum absolute atomic E-state index is 0.0150. The van der Waals surface area contributed by atoms with Crippen molar-refractivity contribution in [2.45, 2.75) is 25.8 Å². The average Bonchev–Trinajstić information content (AvgIpc) is 2.47. The highest BCUT2D eigenvalue weighted by atomic mass is 35.5. The van der Waals surface area contributed by atoms with Crippen LogP contribution in [0.5, 0.6) is 0 Å². The molecular formula is C17H16ClNO. The normalized spacial score (nSPS) is 15.9. The SMILES string of the molecule is C[C@@H](c1ccccc1)N1C(=O)CCc2ccc(Cl)cc21. The number of halogens is 1. The van der Waals surface area contributed by atoms with E-state index in [1.165, 1.54) is 5.56 Å². The van der Waals surface area contributed by atoms with Crippen LogP contribution in [0.25, 0.3) is 0 Å². The van der Waals surface area contributed by atoms with Crippen molar-refractivity contribution >= 4 is 23.2 Å². The first-order valence-corrected chi connectivity index (χ1v) is 7.20. The molecule has 0 saturated carbocycles. The molecule has 0 radical (unpaired) electrons. The Morgan fingerprint density at radius 3 is 2.60 bits per heavy atom. The lowest BCUT2D eigenvalue weighted by molar-refractivity contribution is -0.119. The molecular weight excluding hydrogens is 270 g/mol. The third kappa shape index (κ3) is 2.32. The van der Waals surface area contributed by atoms with E-state index >= 15 is 0 Å². The first-order valence-electron chi connectivity index (χ1n) is 6.82. The fourth-order valence-corrected chi connectivity index (χ4v) is 2.94. The fraction of sp³-hybridized carbons (Fsp3) is 0.235. The topological polar surface area (TPSA) is 20.3 Å². The monoisotopic (exact) mass is 285 g/mol. The van der Waals surface area contributed by atoms with E-state index in [2.05, 4.69) is 19.1 Å². The molecule has 3 rings (SSSR count). The Balaban J connectivity index is 2.05. The highest BCUT2D eigenvalue weighted by Crippen LogP contribution is 2.36. The average molecular weight is 286 g/mol. The number of fused-ring (bicyclic) bond motifs is 1. The van der Waals surface area contributed by atoms with Gasteiger partial charge in [-0.1, -0.05) is 48.0 Å². The van der Waals surface area contributed by atoms with Crippen LogP contribution in [0.2, 0.25) is 5.02 Å². The van der Waals surface area contributed by atoms with Gasteiger partial charge in [0.1, 0.15) is 0 Å². The minimum atomic E-state index is 0.0150. The zero-order valence-electron chi connectivity index (χ0n) is 11.3. The van der Waals surface area contributed by atoms with E-state index in [0.29, 0.717) is 11.4 Å². The van der Waals surface area contributed by atoms with Gasteiger partial charge in [-0.15, -0.1) is 0 Å². The summed E-state index contributed by atoms with van der Waals surface area (Å²) < 4.78 is 0. The van der Waals surface area contributed by atoms with E-state index < -0.39 is 0 Å². The Kier molecular flexibility index (Phi) is 3.49. The number of rotatable bonds is 2. The molecule has 3 heteroatoms. The van der Waals surface area contributed by atoms with Gasteiger partial charge in [-0.3, -0.25) is 4.79 Å². The zero-order valence-corrected chi connectivity index (χ0v) is 12.1. The molecule has 2 aromatic carbocycles. The maximum Gasteiger partial charge on any atom is 0.227 e. The molecule has 2 aromatic rings. The number of carbonyl (C=O) groups is 1. The van der Waals surface area contributed by atoms with E-state index in [9.17, 15) is 4.79 Å². The number of nitrogens with zero attached hydrogens (tertiary/aromatic N) is 1. The Morgan fingerprint density at radius 2 is 1.85 bits per heavy atom. The van der Waals surface area contributed by atoms with E-state index in [0.717, 1.165) is 17.7 Å². The molecule has 0 spiro atoms. The highest BCUT2D eigenvalue weighted by molar-refractivity contribution is 6.31. The first kappa shape index (κ1) is 13.2. The molecule has 0 unspecified atom stereocenters. The molecule has 0 N–H and O–H groups in total. The summed E-state index contributed by atoms with van der Waals surface area (Å²) in [5.41, 5.74) is 3.27. The van der Waals surface area contributed by atoms with Crippen LogP contribution in [0.1, 0.15) is 30.5 Å². The van der Waals surface area contributed by atoms with Crippen LogP contribution >= 0.6 is 11.6 Å². The van der Waals surface area contributed by atoms with Crippen molar-refractivity contribution in [3.05, 3.63) is 64.7 Å². The molecule has 2 nitrogen and oxygen atoms in total. The molecule has 0 bridgehead atoms. The van der Waals surface area contributed by atoms with Crippen molar-refractivity contribution in [3.63, 3.8) is 0 Å². The summed E-state index contributed by atoms with van der Waals surface area (Å²) in [4.78, 5) is 14.2. The maximum absolute atomic E-state index is 12.4. The van der Waals surface area contributed by atoms with E-state index in [1.807, 2.05) is 41.3 Å². The number of hydrogen-bond donors (Lipinski definition) is 0. The Bertz CT molecular complexity index is 639. The number of anilines is 1. The van der Waals surface area contributed by atoms with Gasteiger partial charge in [-0.2, -0.15) is 0 Å². The van der Waals surface area contributed by atoms with Gasteiger partial charge in [0.25, 0.3) is 0 Å². The van der Waals surface area contributed by atoms with Crippen LogP contribution < -0.4 is 4.90 Å². The maximum atomic E-state index is 12.4. The summed E-state index contributed by atoms with van der Waals surface area (Å²) in [7, 11) is 0. The molecule has 102 valence electrons. The van der Waals surface area contributed by atoms with Crippen LogP contribution in [0.15, 0.2) is 48.5 Å². The second-order valence-corrected chi connectivity index (χ2v) is 5.56. The molecule has 1 aliphatic rings. The van der Waals surface area contributed by atoms with Crippen LogP contribution in [-0.2, 0) is 11.2 Å². The predicted molar refractivity (Wildman–Crippen MR) is 82.1 cm³/mol. The molecule has 1 aliphatic heterocycles. The van der Waals surface area contributed by atoms with Gasteiger partial charge >= 0.3 is 0 Å². The lowest BCUT2D eigenvalue weighted by Crippen LogP contribution is -2.37. The first-order chi connectivity index (χ1) is 9.66. The highest BCUT2D eigenvalue weighted by Gasteiger charge is 2.28. The number of aryl methyl sites for hydroxylation is 1. The summed E-state index contributed by atoms with van der Waals surface area (Å²) in [6.07, 6.45) is 1.36. The van der Waals surface area contributed by atoms with Gasteiger partial charge in [-0.05, 0) is 36.6 Å². The quantitative estimate of drug-likeness (QED) is 0.802. The Hall–Kier alpha value is -1.80. The summed E-state index contributed by atoms with van der Waals surface area (Å²) in [6, 6.07) is 15.9. The molecule has 0 aliphatic carbocycles. The van der Waals surface area contributed by atoms with Gasteiger partial charge < -0.3 is 4.90 Å². The van der Waals surface area contributed by atoms with Crippen molar-refractivity contribution in [1.29, 1.82) is 0 Å². The lowest BCUT2D eigenvalue weighted by atomic mass is 9.97. The molecule has 0 aromatic heterocycles. The number of carbonyl (C=O) groups excluding carboxylic acids is 1. The third-order valence-electron chi connectivity index (χ3n) is 3.85. The number of hydrogen-bond acceptors (Lipinski definition) is 1. The second-order valence-electron chi connectivity index (χ2n) is 5.12. The summed E-state index contributed by atoms with van der Waals surface area (Å²) in [5, 5.41) is 0.670. The Labute approximate surface area is 124 Å². The van der Waals surface area contributed by atoms with Gasteiger partial charge in [0, 0.05) is 17.1 Å². The van der Waals surface area contributed by atoms with Crippen LogP contribution in [0.3, 0.4) is 0 Å². The summed E-state index contributed by atoms with van der Waals surface area (Å²) >= 11 is 6.10. The van der Waals surface area contributed by atoms with Gasteiger partial charge in [0.2, 0.25) is 5.91 Å². The van der Waals surface area contributed by atoms with E-state index in [1.54, 1.807) is 0 Å². The van der Waals surface area contributed by atoms with Crippen molar-refractivity contribution < 1.29 is 4.79 Å². The lowest BCUT2D eigenvalue weighted by Gasteiger charge is -2.34. The predicted octanol–water partition coefficient (Wildman–Crippen LogP) is 4.38. The molecule has 0 saturated heterocycles. The van der Waals surface area contributed by atoms with Crippen LogP contribution in [0, 0.1) is 0 Å². The molecule has 1 heterocycles. The van der Waals surface area contributed by atoms with E-state index in [4.69, 9.17) is 11.6 Å². The third-order valence-corrected chi connectivity index (χ3v) is 4.09. The zero-order chi connectivity index (χ0) is 14.1. The van der Waals surface area contributed by atoms with E-state index in [-0.39, 0.29) is 11.9 Å². The van der Waals surface area contributed by atoms with Gasteiger partial charge in [0.05, 0.1) is 6.04 Å². The van der Waals surface area contributed by atoms with Crippen molar-refractivity contribution in [1.82, 2.24) is 0 Å². The standard InChI is InChI=1S/C17H16ClNO/c1-12(13-5-3-2-4-6-13)19-16-11-15(18)9-7-14(16)8-10-17(19)20/h2-7,9,11-12H,8,10H2,1H3/t12-/m0/s1. The number of amides is 1. The molecule has 1 amide bonds.